The van der Waals surface area contributed by atoms with Crippen molar-refractivity contribution < 1.29 is 23.1 Å². The number of nitrogens with zero attached hydrogens (tertiary/aromatic N) is 4. The molecule has 1 aliphatic rings. The summed E-state index contributed by atoms with van der Waals surface area (Å²) in [5.41, 5.74) is 1.15. The van der Waals surface area contributed by atoms with Crippen molar-refractivity contribution in [1.29, 1.82) is 0 Å². The zero-order chi connectivity index (χ0) is 19.6. The SMILES string of the molecule is Cc1ccc(S(=O)(=O)N2CCN(C(=O)c3ccnn3CC(=O)O)CC2)cc1. The first-order valence-corrected chi connectivity index (χ1v) is 9.83. The second-order valence-electron chi connectivity index (χ2n) is 6.28. The fraction of sp³-hybridized carbons (Fsp3) is 0.353. The van der Waals surface area contributed by atoms with Crippen LogP contribution in [-0.2, 0) is 21.4 Å². The van der Waals surface area contributed by atoms with Gasteiger partial charge in [-0.15, -0.1) is 0 Å². The van der Waals surface area contributed by atoms with Crippen molar-refractivity contribution in [3.63, 3.8) is 0 Å². The Morgan fingerprint density at radius 1 is 1.07 bits per heavy atom. The number of aromatic nitrogens is 2. The van der Waals surface area contributed by atoms with Crippen LogP contribution in [0.4, 0.5) is 0 Å². The van der Waals surface area contributed by atoms with Crippen molar-refractivity contribution in [2.45, 2.75) is 18.4 Å². The number of hydrogen-bond donors (Lipinski definition) is 1. The molecule has 9 nitrogen and oxygen atoms in total. The van der Waals surface area contributed by atoms with E-state index in [1.807, 2.05) is 6.92 Å². The lowest BCUT2D eigenvalue weighted by Gasteiger charge is -2.34. The summed E-state index contributed by atoms with van der Waals surface area (Å²) in [6.07, 6.45) is 1.37. The Labute approximate surface area is 156 Å². The van der Waals surface area contributed by atoms with E-state index in [1.165, 1.54) is 21.5 Å². The Kier molecular flexibility index (Phi) is 5.29. The van der Waals surface area contributed by atoms with E-state index in [0.717, 1.165) is 10.2 Å². The largest absolute Gasteiger partial charge is 0.480 e. The number of carbonyl (C=O) groups excluding carboxylic acids is 1. The van der Waals surface area contributed by atoms with E-state index < -0.39 is 22.5 Å². The first-order chi connectivity index (χ1) is 12.8. The number of piperazine rings is 1. The van der Waals surface area contributed by atoms with Crippen LogP contribution < -0.4 is 0 Å². The van der Waals surface area contributed by atoms with Crippen molar-refractivity contribution in [1.82, 2.24) is 19.0 Å². The fourth-order valence-electron chi connectivity index (χ4n) is 2.92. The second kappa shape index (κ2) is 7.49. The van der Waals surface area contributed by atoms with E-state index in [4.69, 9.17) is 5.11 Å². The Balaban J connectivity index is 1.68. The van der Waals surface area contributed by atoms with E-state index >= 15 is 0 Å². The maximum absolute atomic E-state index is 12.7. The molecule has 10 heteroatoms. The normalized spacial score (nSPS) is 15.7. The summed E-state index contributed by atoms with van der Waals surface area (Å²) in [6.45, 7) is 2.28. The maximum Gasteiger partial charge on any atom is 0.325 e. The quantitative estimate of drug-likeness (QED) is 0.789. The average molecular weight is 392 g/mol. The molecule has 0 spiro atoms. The van der Waals surface area contributed by atoms with Gasteiger partial charge in [0.25, 0.3) is 5.91 Å². The number of aryl methyl sites for hydroxylation is 1. The molecule has 1 aromatic carbocycles. The highest BCUT2D eigenvalue weighted by Crippen LogP contribution is 2.19. The van der Waals surface area contributed by atoms with Gasteiger partial charge in [-0.1, -0.05) is 17.7 Å². The number of carboxylic acid groups (broad SMARTS) is 1. The molecule has 1 amide bonds. The van der Waals surface area contributed by atoms with Crippen molar-refractivity contribution in [2.24, 2.45) is 0 Å². The van der Waals surface area contributed by atoms with Crippen LogP contribution in [0.1, 0.15) is 16.1 Å². The highest BCUT2D eigenvalue weighted by molar-refractivity contribution is 7.89. The van der Waals surface area contributed by atoms with Gasteiger partial charge in [-0.05, 0) is 25.1 Å². The summed E-state index contributed by atoms with van der Waals surface area (Å²) in [5, 5.41) is 12.7. The Morgan fingerprint density at radius 3 is 2.30 bits per heavy atom. The predicted octanol–water partition coefficient (Wildman–Crippen LogP) is 0.423. The number of carboxylic acids is 1. The third kappa shape index (κ3) is 4.01. The second-order valence-corrected chi connectivity index (χ2v) is 8.22. The fourth-order valence-corrected chi connectivity index (χ4v) is 4.34. The highest BCUT2D eigenvalue weighted by atomic mass is 32.2. The van der Waals surface area contributed by atoms with Crippen molar-refractivity contribution in [3.05, 3.63) is 47.8 Å². The van der Waals surface area contributed by atoms with Crippen LogP contribution in [0.2, 0.25) is 0 Å². The zero-order valence-electron chi connectivity index (χ0n) is 14.8. The van der Waals surface area contributed by atoms with E-state index in [-0.39, 0.29) is 42.7 Å². The Bertz CT molecular complexity index is 944. The number of carbonyl (C=O) groups is 2. The van der Waals surface area contributed by atoms with E-state index in [0.29, 0.717) is 0 Å². The number of hydrogen-bond acceptors (Lipinski definition) is 5. The van der Waals surface area contributed by atoms with Crippen LogP contribution in [0.3, 0.4) is 0 Å². The molecule has 0 aliphatic carbocycles. The molecule has 1 aliphatic heterocycles. The topological polar surface area (TPSA) is 113 Å². The monoisotopic (exact) mass is 392 g/mol. The molecule has 27 heavy (non-hydrogen) atoms. The minimum atomic E-state index is -3.61. The van der Waals surface area contributed by atoms with Crippen LogP contribution in [-0.4, -0.2) is 70.6 Å². The summed E-state index contributed by atoms with van der Waals surface area (Å²) in [4.78, 5) is 25.2. The van der Waals surface area contributed by atoms with Crippen LogP contribution >= 0.6 is 0 Å². The van der Waals surface area contributed by atoms with Gasteiger partial charge in [0, 0.05) is 32.4 Å². The zero-order valence-corrected chi connectivity index (χ0v) is 15.6. The van der Waals surface area contributed by atoms with Gasteiger partial charge in [-0.25, -0.2) is 13.1 Å². The van der Waals surface area contributed by atoms with Gasteiger partial charge in [-0.2, -0.15) is 9.40 Å². The minimum absolute atomic E-state index is 0.173. The molecule has 0 atom stereocenters. The molecular formula is C17H20N4O5S. The van der Waals surface area contributed by atoms with Gasteiger partial charge in [0.2, 0.25) is 10.0 Å². The molecule has 1 fully saturated rings. The van der Waals surface area contributed by atoms with E-state index in [2.05, 4.69) is 5.10 Å². The molecule has 1 N–H and O–H groups in total. The molecule has 1 aromatic heterocycles. The third-order valence-corrected chi connectivity index (χ3v) is 6.32. The van der Waals surface area contributed by atoms with Gasteiger partial charge in [-0.3, -0.25) is 9.59 Å². The lowest BCUT2D eigenvalue weighted by atomic mass is 10.2. The van der Waals surface area contributed by atoms with Crippen molar-refractivity contribution in [2.75, 3.05) is 26.2 Å². The number of aliphatic carboxylic acids is 1. The number of sulfonamides is 1. The molecule has 0 saturated carbocycles. The van der Waals surface area contributed by atoms with Crippen LogP contribution in [0.25, 0.3) is 0 Å². The van der Waals surface area contributed by atoms with Gasteiger partial charge in [0.05, 0.1) is 4.90 Å². The Morgan fingerprint density at radius 2 is 1.70 bits per heavy atom. The molecule has 2 heterocycles. The number of amides is 1. The predicted molar refractivity (Wildman–Crippen MR) is 95.7 cm³/mol. The lowest BCUT2D eigenvalue weighted by Crippen LogP contribution is -2.50. The molecule has 1 saturated heterocycles. The summed E-state index contributed by atoms with van der Waals surface area (Å²) in [6, 6.07) is 8.10. The molecule has 3 rings (SSSR count). The van der Waals surface area contributed by atoms with E-state index in [1.54, 1.807) is 24.3 Å². The average Bonchev–Trinajstić information content (AvgIpc) is 3.09. The molecule has 2 aromatic rings. The van der Waals surface area contributed by atoms with E-state index in [9.17, 15) is 18.0 Å². The Hall–Kier alpha value is -2.72. The first-order valence-electron chi connectivity index (χ1n) is 8.39. The summed E-state index contributed by atoms with van der Waals surface area (Å²) < 4.78 is 27.9. The lowest BCUT2D eigenvalue weighted by molar-refractivity contribution is -0.137. The maximum atomic E-state index is 12.7. The molecule has 144 valence electrons. The summed E-state index contributed by atoms with van der Waals surface area (Å²) >= 11 is 0. The highest BCUT2D eigenvalue weighted by Gasteiger charge is 2.31. The van der Waals surface area contributed by atoms with Crippen molar-refractivity contribution >= 4 is 21.9 Å². The number of benzene rings is 1. The molecule has 0 bridgehead atoms. The standard InChI is InChI=1S/C17H20N4O5S/c1-13-2-4-14(5-3-13)27(25,26)20-10-8-19(9-11-20)17(24)15-6-7-18-21(15)12-16(22)23/h2-7H,8-12H2,1H3,(H,22,23). The van der Waals surface area contributed by atoms with Crippen molar-refractivity contribution in [3.8, 4) is 0 Å². The molecule has 0 radical (unpaired) electrons. The molecule has 0 unspecified atom stereocenters. The van der Waals surface area contributed by atoms with Gasteiger partial charge in [0.1, 0.15) is 12.2 Å². The summed E-state index contributed by atoms with van der Waals surface area (Å²) in [7, 11) is -3.61. The van der Waals surface area contributed by atoms with Gasteiger partial charge >= 0.3 is 5.97 Å². The van der Waals surface area contributed by atoms with Crippen LogP contribution in [0, 0.1) is 6.92 Å². The first kappa shape index (κ1) is 19.1. The van der Waals surface area contributed by atoms with Crippen LogP contribution in [0.15, 0.2) is 41.4 Å². The van der Waals surface area contributed by atoms with Gasteiger partial charge in [0.15, 0.2) is 0 Å². The smallest absolute Gasteiger partial charge is 0.325 e. The van der Waals surface area contributed by atoms with Gasteiger partial charge < -0.3 is 10.0 Å². The van der Waals surface area contributed by atoms with Crippen LogP contribution in [0.5, 0.6) is 0 Å². The number of rotatable bonds is 5. The minimum Gasteiger partial charge on any atom is -0.480 e. The third-order valence-electron chi connectivity index (χ3n) is 4.41. The summed E-state index contributed by atoms with van der Waals surface area (Å²) in [5.74, 6) is -1.46. The molecular weight excluding hydrogens is 372 g/mol.